The first-order valence-corrected chi connectivity index (χ1v) is 13.0. The zero-order chi connectivity index (χ0) is 25.5. The number of alkyl halides is 3. The number of piperidine rings is 2. The van der Waals surface area contributed by atoms with E-state index < -0.39 is 11.7 Å². The average molecular weight is 504 g/mol. The Bertz CT molecular complexity index is 996. The highest BCUT2D eigenvalue weighted by Gasteiger charge is 2.30. The lowest BCUT2D eigenvalue weighted by atomic mass is 10.00. The number of amides is 1. The molecule has 0 unspecified atom stereocenters. The van der Waals surface area contributed by atoms with Crippen molar-refractivity contribution in [2.75, 3.05) is 46.4 Å². The number of hydrogen-bond acceptors (Lipinski definition) is 4. The molecule has 196 valence electrons. The fourth-order valence-corrected chi connectivity index (χ4v) is 5.31. The number of benzene rings is 2. The Morgan fingerprint density at radius 1 is 1.00 bits per heavy atom. The summed E-state index contributed by atoms with van der Waals surface area (Å²) in [7, 11) is 1.49. The summed E-state index contributed by atoms with van der Waals surface area (Å²) < 4.78 is 44.0. The van der Waals surface area contributed by atoms with Gasteiger partial charge in [-0.2, -0.15) is 13.2 Å². The normalized spacial score (nSPS) is 18.2. The highest BCUT2D eigenvalue weighted by Crippen LogP contribution is 2.34. The summed E-state index contributed by atoms with van der Waals surface area (Å²) in [6.45, 7) is 6.33. The second kappa shape index (κ2) is 12.1. The van der Waals surface area contributed by atoms with Crippen molar-refractivity contribution < 1.29 is 22.7 Å². The first-order valence-electron chi connectivity index (χ1n) is 13.0. The van der Waals surface area contributed by atoms with Crippen LogP contribution >= 0.6 is 0 Å². The summed E-state index contributed by atoms with van der Waals surface area (Å²) >= 11 is 0. The maximum Gasteiger partial charge on any atom is 0.416 e. The molecule has 0 aliphatic carbocycles. The number of ether oxygens (including phenoxy) is 1. The molecule has 0 saturated carbocycles. The van der Waals surface area contributed by atoms with Gasteiger partial charge in [0.05, 0.1) is 12.7 Å². The molecule has 8 heteroatoms. The van der Waals surface area contributed by atoms with E-state index in [4.69, 9.17) is 4.74 Å². The molecule has 0 bridgehead atoms. The summed E-state index contributed by atoms with van der Waals surface area (Å²) in [6.07, 6.45) is 3.02. The number of halogens is 3. The van der Waals surface area contributed by atoms with E-state index in [0.29, 0.717) is 29.0 Å². The molecule has 4 rings (SSSR count). The minimum absolute atomic E-state index is 0.184. The van der Waals surface area contributed by atoms with Crippen LogP contribution in [0, 0.1) is 0 Å². The number of carbonyl (C=O) groups is 1. The van der Waals surface area contributed by atoms with Crippen LogP contribution in [0.3, 0.4) is 0 Å². The quantitative estimate of drug-likeness (QED) is 0.487. The van der Waals surface area contributed by atoms with E-state index in [1.165, 1.54) is 64.4 Å². The number of nitrogens with one attached hydrogen (secondary N) is 1. The fraction of sp³-hybridized carbons (Fsp3) is 0.536. The van der Waals surface area contributed by atoms with Gasteiger partial charge in [-0.3, -0.25) is 4.79 Å². The molecule has 0 radical (unpaired) electrons. The lowest BCUT2D eigenvalue weighted by Gasteiger charge is -2.40. The Labute approximate surface area is 211 Å². The van der Waals surface area contributed by atoms with Gasteiger partial charge in [0.25, 0.3) is 5.91 Å². The average Bonchev–Trinajstić information content (AvgIpc) is 2.91. The van der Waals surface area contributed by atoms with Crippen LogP contribution in [0.15, 0.2) is 42.5 Å². The van der Waals surface area contributed by atoms with E-state index in [9.17, 15) is 18.0 Å². The van der Waals surface area contributed by atoms with Crippen molar-refractivity contribution >= 4 is 5.91 Å². The topological polar surface area (TPSA) is 44.8 Å². The second-order valence-electron chi connectivity index (χ2n) is 9.77. The summed E-state index contributed by atoms with van der Waals surface area (Å²) in [5.41, 5.74) is 0.990. The Morgan fingerprint density at radius 3 is 2.33 bits per heavy atom. The van der Waals surface area contributed by atoms with Crippen molar-refractivity contribution in [3.05, 3.63) is 53.6 Å². The van der Waals surface area contributed by atoms with Crippen molar-refractivity contribution in [2.45, 2.75) is 50.7 Å². The third kappa shape index (κ3) is 6.79. The highest BCUT2D eigenvalue weighted by molar-refractivity contribution is 5.95. The van der Waals surface area contributed by atoms with Crippen LogP contribution in [0.25, 0.3) is 11.1 Å². The number of nitrogens with zero attached hydrogens (tertiary/aromatic N) is 2. The third-order valence-electron chi connectivity index (χ3n) is 7.39. The minimum Gasteiger partial charge on any atom is -0.496 e. The van der Waals surface area contributed by atoms with Gasteiger partial charge in [-0.05, 0) is 101 Å². The lowest BCUT2D eigenvalue weighted by Crippen LogP contribution is -2.47. The number of carbonyl (C=O) groups excluding carboxylic acids is 1. The number of methoxy groups -OCH3 is 1. The van der Waals surface area contributed by atoms with E-state index in [-0.39, 0.29) is 5.91 Å². The van der Waals surface area contributed by atoms with E-state index in [2.05, 4.69) is 15.1 Å². The van der Waals surface area contributed by atoms with Crippen LogP contribution in [-0.2, 0) is 6.18 Å². The van der Waals surface area contributed by atoms with Crippen LogP contribution in [0.2, 0.25) is 0 Å². The SMILES string of the molecule is COc1cc(C(=O)NCCCN2CCC(N3CCCCC3)CC2)ccc1-c1ccc(C(F)(F)F)cc1. The van der Waals surface area contributed by atoms with E-state index in [1.807, 2.05) is 0 Å². The van der Waals surface area contributed by atoms with Crippen molar-refractivity contribution in [3.8, 4) is 16.9 Å². The van der Waals surface area contributed by atoms with Crippen LogP contribution in [0.4, 0.5) is 13.2 Å². The predicted octanol–water partition coefficient (Wildman–Crippen LogP) is 5.45. The van der Waals surface area contributed by atoms with Crippen LogP contribution in [0.1, 0.15) is 54.4 Å². The Morgan fingerprint density at radius 2 is 1.69 bits per heavy atom. The molecule has 0 spiro atoms. The lowest BCUT2D eigenvalue weighted by molar-refractivity contribution is -0.137. The van der Waals surface area contributed by atoms with Gasteiger partial charge in [0.2, 0.25) is 0 Å². The zero-order valence-corrected chi connectivity index (χ0v) is 20.9. The molecule has 0 aromatic heterocycles. The second-order valence-corrected chi connectivity index (χ2v) is 9.77. The summed E-state index contributed by atoms with van der Waals surface area (Å²) in [5.74, 6) is 0.259. The summed E-state index contributed by atoms with van der Waals surface area (Å²) in [4.78, 5) is 17.8. The number of likely N-dealkylation sites (tertiary alicyclic amines) is 2. The summed E-state index contributed by atoms with van der Waals surface area (Å²) in [6, 6.07) is 10.7. The van der Waals surface area contributed by atoms with Crippen molar-refractivity contribution in [1.82, 2.24) is 15.1 Å². The van der Waals surface area contributed by atoms with Crippen LogP contribution in [0.5, 0.6) is 5.75 Å². The molecule has 2 aromatic carbocycles. The van der Waals surface area contributed by atoms with Crippen molar-refractivity contribution in [1.29, 1.82) is 0 Å². The monoisotopic (exact) mass is 503 g/mol. The zero-order valence-electron chi connectivity index (χ0n) is 20.9. The molecule has 2 fully saturated rings. The van der Waals surface area contributed by atoms with E-state index >= 15 is 0 Å². The first kappa shape index (κ1) is 26.5. The minimum atomic E-state index is -4.38. The molecule has 1 N–H and O–H groups in total. The number of rotatable bonds is 8. The number of hydrogen-bond donors (Lipinski definition) is 1. The molecule has 2 aromatic rings. The first-order chi connectivity index (χ1) is 17.3. The van der Waals surface area contributed by atoms with Crippen LogP contribution < -0.4 is 10.1 Å². The van der Waals surface area contributed by atoms with Crippen molar-refractivity contribution in [3.63, 3.8) is 0 Å². The van der Waals surface area contributed by atoms with Gasteiger partial charge in [-0.15, -0.1) is 0 Å². The highest BCUT2D eigenvalue weighted by atomic mass is 19.4. The van der Waals surface area contributed by atoms with Crippen LogP contribution in [-0.4, -0.2) is 68.1 Å². The standard InChI is InChI=1S/C28H36F3N3O2/c1-36-26-20-22(8-11-25(26)21-6-9-23(10-7-21)28(29,30)31)27(35)32-14-5-15-33-18-12-24(13-19-33)34-16-3-2-4-17-34/h6-11,20,24H,2-5,12-19H2,1H3,(H,32,35). The van der Waals surface area contributed by atoms with Crippen molar-refractivity contribution in [2.24, 2.45) is 0 Å². The molecule has 2 aliphatic rings. The maximum absolute atomic E-state index is 12.9. The van der Waals surface area contributed by atoms with Gasteiger partial charge in [-0.25, -0.2) is 0 Å². The van der Waals surface area contributed by atoms with Gasteiger partial charge >= 0.3 is 6.18 Å². The van der Waals surface area contributed by atoms with Gasteiger partial charge in [0, 0.05) is 23.7 Å². The van der Waals surface area contributed by atoms with E-state index in [1.54, 1.807) is 18.2 Å². The van der Waals surface area contributed by atoms with E-state index in [0.717, 1.165) is 44.2 Å². The molecule has 0 atom stereocenters. The molecular weight excluding hydrogens is 467 g/mol. The van der Waals surface area contributed by atoms with Gasteiger partial charge < -0.3 is 19.9 Å². The maximum atomic E-state index is 12.9. The molecular formula is C28H36F3N3O2. The third-order valence-corrected chi connectivity index (χ3v) is 7.39. The molecule has 2 aliphatic heterocycles. The molecule has 36 heavy (non-hydrogen) atoms. The summed E-state index contributed by atoms with van der Waals surface area (Å²) in [5, 5.41) is 2.98. The smallest absolute Gasteiger partial charge is 0.416 e. The van der Waals surface area contributed by atoms with Gasteiger partial charge in [0.1, 0.15) is 5.75 Å². The molecule has 2 saturated heterocycles. The van der Waals surface area contributed by atoms with Gasteiger partial charge in [0.15, 0.2) is 0 Å². The fourth-order valence-electron chi connectivity index (χ4n) is 5.31. The Balaban J connectivity index is 1.24. The molecule has 1 amide bonds. The Hall–Kier alpha value is -2.58. The van der Waals surface area contributed by atoms with Gasteiger partial charge in [-0.1, -0.05) is 18.6 Å². The largest absolute Gasteiger partial charge is 0.496 e. The predicted molar refractivity (Wildman–Crippen MR) is 135 cm³/mol. The Kier molecular flexibility index (Phi) is 8.90. The molecule has 2 heterocycles. The molecule has 5 nitrogen and oxygen atoms in total.